The maximum absolute atomic E-state index is 12.8. The SMILES string of the molecule is CN(C)S(=O)(=O)c1ccc(Cl)c(C(=O)Nc2cccc(Cl)c2SC(F)F)c1. The molecule has 0 saturated heterocycles. The molecule has 2 aromatic rings. The smallest absolute Gasteiger partial charge is 0.289 e. The van der Waals surface area contributed by atoms with Gasteiger partial charge in [-0.2, -0.15) is 8.78 Å². The van der Waals surface area contributed by atoms with E-state index in [1.807, 2.05) is 0 Å². The van der Waals surface area contributed by atoms with Gasteiger partial charge in [0.25, 0.3) is 11.7 Å². The minimum absolute atomic E-state index is 0.00398. The normalized spacial score (nSPS) is 11.9. The molecule has 0 radical (unpaired) electrons. The van der Waals surface area contributed by atoms with Gasteiger partial charge in [-0.25, -0.2) is 12.7 Å². The molecule has 27 heavy (non-hydrogen) atoms. The van der Waals surface area contributed by atoms with Crippen LogP contribution in [0.25, 0.3) is 0 Å². The Kier molecular flexibility index (Phi) is 7.09. The van der Waals surface area contributed by atoms with Crippen molar-refractivity contribution in [3.05, 3.63) is 52.0 Å². The number of rotatable bonds is 6. The molecule has 0 aliphatic carbocycles. The molecule has 2 rings (SSSR count). The summed E-state index contributed by atoms with van der Waals surface area (Å²) >= 11 is 12.1. The standard InChI is InChI=1S/C16H14Cl2F2N2O3S2/c1-22(2)27(24,25)9-6-7-11(17)10(8-9)15(23)21-13-5-3-4-12(18)14(13)26-16(19)20/h3-8,16H,1-2H3,(H,21,23). The van der Waals surface area contributed by atoms with Gasteiger partial charge in [0.1, 0.15) is 0 Å². The third-order valence-corrected chi connectivity index (χ3v) is 6.80. The highest BCUT2D eigenvalue weighted by Crippen LogP contribution is 2.38. The van der Waals surface area contributed by atoms with Crippen LogP contribution in [0.2, 0.25) is 10.0 Å². The van der Waals surface area contributed by atoms with Crippen molar-refractivity contribution in [2.24, 2.45) is 0 Å². The van der Waals surface area contributed by atoms with Gasteiger partial charge in [-0.1, -0.05) is 41.0 Å². The molecule has 0 saturated carbocycles. The summed E-state index contributed by atoms with van der Waals surface area (Å²) < 4.78 is 51.0. The van der Waals surface area contributed by atoms with Crippen LogP contribution in [0.15, 0.2) is 46.2 Å². The van der Waals surface area contributed by atoms with E-state index in [0.717, 1.165) is 10.4 Å². The van der Waals surface area contributed by atoms with Gasteiger partial charge in [0, 0.05) is 14.1 Å². The molecule has 2 aromatic carbocycles. The van der Waals surface area contributed by atoms with E-state index in [2.05, 4.69) is 5.32 Å². The van der Waals surface area contributed by atoms with Gasteiger partial charge in [-0.05, 0) is 30.3 Å². The summed E-state index contributed by atoms with van der Waals surface area (Å²) in [6, 6.07) is 7.98. The van der Waals surface area contributed by atoms with Crippen LogP contribution in [0.3, 0.4) is 0 Å². The number of nitrogens with one attached hydrogen (secondary N) is 1. The molecule has 11 heteroatoms. The van der Waals surface area contributed by atoms with E-state index in [0.29, 0.717) is 0 Å². The van der Waals surface area contributed by atoms with Crippen molar-refractivity contribution in [3.8, 4) is 0 Å². The first kappa shape index (κ1) is 21.9. The van der Waals surface area contributed by atoms with E-state index in [9.17, 15) is 22.0 Å². The summed E-state index contributed by atoms with van der Waals surface area (Å²) in [4.78, 5) is 12.5. The number of alkyl halides is 2. The van der Waals surface area contributed by atoms with Gasteiger partial charge in [0.2, 0.25) is 10.0 Å². The number of halogens is 4. The minimum Gasteiger partial charge on any atom is -0.321 e. The van der Waals surface area contributed by atoms with Crippen molar-refractivity contribution in [2.75, 3.05) is 19.4 Å². The molecular weight excluding hydrogens is 441 g/mol. The summed E-state index contributed by atoms with van der Waals surface area (Å²) in [5, 5.41) is 2.51. The van der Waals surface area contributed by atoms with Crippen LogP contribution in [0.1, 0.15) is 10.4 Å². The Labute approximate surface area is 169 Å². The molecule has 0 spiro atoms. The van der Waals surface area contributed by atoms with Crippen LogP contribution in [-0.2, 0) is 10.0 Å². The van der Waals surface area contributed by atoms with Crippen LogP contribution in [0.5, 0.6) is 0 Å². The van der Waals surface area contributed by atoms with Crippen LogP contribution < -0.4 is 5.32 Å². The number of hydrogen-bond donors (Lipinski definition) is 1. The van der Waals surface area contributed by atoms with E-state index in [1.165, 1.54) is 44.4 Å². The predicted molar refractivity (Wildman–Crippen MR) is 104 cm³/mol. The number of benzene rings is 2. The van der Waals surface area contributed by atoms with Crippen molar-refractivity contribution in [2.45, 2.75) is 15.5 Å². The quantitative estimate of drug-likeness (QED) is 0.635. The fourth-order valence-corrected chi connectivity index (χ4v) is 4.10. The molecule has 0 atom stereocenters. The van der Waals surface area contributed by atoms with Crippen molar-refractivity contribution in [3.63, 3.8) is 0 Å². The molecule has 0 bridgehead atoms. The van der Waals surface area contributed by atoms with E-state index in [-0.39, 0.29) is 42.8 Å². The Morgan fingerprint density at radius 2 is 1.81 bits per heavy atom. The molecule has 0 aromatic heterocycles. The zero-order valence-corrected chi connectivity index (χ0v) is 17.2. The fourth-order valence-electron chi connectivity index (χ4n) is 2.06. The highest BCUT2D eigenvalue weighted by Gasteiger charge is 2.22. The van der Waals surface area contributed by atoms with Gasteiger partial charge in [0.05, 0.1) is 31.1 Å². The Balaban J connectivity index is 2.42. The van der Waals surface area contributed by atoms with Crippen LogP contribution in [-0.4, -0.2) is 38.5 Å². The van der Waals surface area contributed by atoms with E-state index in [4.69, 9.17) is 23.2 Å². The second-order valence-corrected chi connectivity index (χ2v) is 9.34. The Hall–Kier alpha value is -1.39. The first-order valence-corrected chi connectivity index (χ1v) is 10.4. The van der Waals surface area contributed by atoms with Crippen molar-refractivity contribution in [1.29, 1.82) is 0 Å². The summed E-state index contributed by atoms with van der Waals surface area (Å²) in [6.07, 6.45) is 0. The molecule has 1 N–H and O–H groups in total. The summed E-state index contributed by atoms with van der Waals surface area (Å²) in [6.45, 7) is 0. The maximum Gasteiger partial charge on any atom is 0.289 e. The molecule has 0 fully saturated rings. The molecular formula is C16H14Cl2F2N2O3S2. The number of thioether (sulfide) groups is 1. The van der Waals surface area contributed by atoms with Gasteiger partial charge < -0.3 is 5.32 Å². The van der Waals surface area contributed by atoms with Gasteiger partial charge in [0.15, 0.2) is 0 Å². The van der Waals surface area contributed by atoms with Crippen molar-refractivity contribution < 1.29 is 22.0 Å². The van der Waals surface area contributed by atoms with Crippen molar-refractivity contribution in [1.82, 2.24) is 4.31 Å². The zero-order valence-electron chi connectivity index (χ0n) is 14.0. The van der Waals surface area contributed by atoms with Crippen LogP contribution >= 0.6 is 35.0 Å². The fraction of sp³-hybridized carbons (Fsp3) is 0.188. The van der Waals surface area contributed by atoms with E-state index >= 15 is 0 Å². The highest BCUT2D eigenvalue weighted by atomic mass is 35.5. The summed E-state index contributed by atoms with van der Waals surface area (Å²) in [7, 11) is -1.08. The number of amides is 1. The molecule has 1 amide bonds. The average molecular weight is 455 g/mol. The lowest BCUT2D eigenvalue weighted by Gasteiger charge is -2.15. The molecule has 0 unspecified atom stereocenters. The largest absolute Gasteiger partial charge is 0.321 e. The lowest BCUT2D eigenvalue weighted by molar-refractivity contribution is 0.102. The Bertz CT molecular complexity index is 970. The number of anilines is 1. The maximum atomic E-state index is 12.8. The zero-order chi connectivity index (χ0) is 20.4. The third-order valence-electron chi connectivity index (χ3n) is 3.38. The van der Waals surface area contributed by atoms with Crippen LogP contribution in [0.4, 0.5) is 14.5 Å². The van der Waals surface area contributed by atoms with Crippen molar-refractivity contribution >= 4 is 56.6 Å². The van der Waals surface area contributed by atoms with Gasteiger partial charge >= 0.3 is 0 Å². The second-order valence-electron chi connectivity index (χ2n) is 5.38. The van der Waals surface area contributed by atoms with Crippen LogP contribution in [0, 0.1) is 0 Å². The minimum atomic E-state index is -3.78. The Morgan fingerprint density at radius 1 is 1.15 bits per heavy atom. The number of hydrogen-bond acceptors (Lipinski definition) is 4. The van der Waals surface area contributed by atoms with Gasteiger partial charge in [-0.15, -0.1) is 0 Å². The molecule has 0 heterocycles. The Morgan fingerprint density at radius 3 is 2.41 bits per heavy atom. The predicted octanol–water partition coefficient (Wildman–Crippen LogP) is 4.81. The van der Waals surface area contributed by atoms with E-state index in [1.54, 1.807) is 0 Å². The average Bonchev–Trinajstić information content (AvgIpc) is 2.57. The third kappa shape index (κ3) is 5.11. The first-order chi connectivity index (χ1) is 12.5. The lowest BCUT2D eigenvalue weighted by atomic mass is 10.2. The first-order valence-electron chi connectivity index (χ1n) is 7.30. The van der Waals surface area contributed by atoms with Gasteiger partial charge in [-0.3, -0.25) is 4.79 Å². The topological polar surface area (TPSA) is 66.5 Å². The number of carbonyl (C=O) groups is 1. The molecule has 5 nitrogen and oxygen atoms in total. The summed E-state index contributed by atoms with van der Waals surface area (Å²) in [5.41, 5.74) is -0.0534. The second kappa shape index (κ2) is 8.74. The lowest BCUT2D eigenvalue weighted by Crippen LogP contribution is -2.23. The van der Waals surface area contributed by atoms with E-state index < -0.39 is 21.7 Å². The monoisotopic (exact) mass is 454 g/mol. The number of carbonyl (C=O) groups excluding carboxylic acids is 1. The molecule has 146 valence electrons. The molecule has 0 aliphatic rings. The highest BCUT2D eigenvalue weighted by molar-refractivity contribution is 7.99. The summed E-state index contributed by atoms with van der Waals surface area (Å²) in [5.74, 6) is -3.49. The number of sulfonamides is 1. The number of nitrogens with zero attached hydrogens (tertiary/aromatic N) is 1. The molecule has 0 aliphatic heterocycles.